The topological polar surface area (TPSA) is 17.1 Å². The molecule has 0 saturated heterocycles. The molecule has 0 aliphatic heterocycles. The van der Waals surface area contributed by atoms with Gasteiger partial charge in [-0.05, 0) is 18.0 Å². The van der Waals surface area contributed by atoms with E-state index in [4.69, 9.17) is 11.6 Å². The summed E-state index contributed by atoms with van der Waals surface area (Å²) in [6.45, 7) is 2.08. The van der Waals surface area contributed by atoms with Crippen LogP contribution in [0.1, 0.15) is 39.0 Å². The SMILES string of the molecule is CCCCCC[C@H](F)C(=O)Cl. The molecule has 0 rings (SSSR count). The van der Waals surface area contributed by atoms with E-state index in [2.05, 4.69) is 6.92 Å². The van der Waals surface area contributed by atoms with Gasteiger partial charge in [0, 0.05) is 0 Å². The summed E-state index contributed by atoms with van der Waals surface area (Å²) in [7, 11) is 0. The normalized spacial score (nSPS) is 13.0. The molecule has 0 amide bonds. The maximum Gasteiger partial charge on any atom is 0.255 e. The quantitative estimate of drug-likeness (QED) is 0.454. The van der Waals surface area contributed by atoms with Crippen LogP contribution < -0.4 is 0 Å². The van der Waals surface area contributed by atoms with Crippen LogP contribution in [0.4, 0.5) is 4.39 Å². The molecular weight excluding hydrogens is 167 g/mol. The van der Waals surface area contributed by atoms with Crippen molar-refractivity contribution in [3.8, 4) is 0 Å². The standard InChI is InChI=1S/C8H14ClFO/c1-2-3-4-5-6-7(10)8(9)11/h7H,2-6H2,1H3/t7-/m0/s1. The van der Waals surface area contributed by atoms with E-state index in [1.54, 1.807) is 0 Å². The highest BCUT2D eigenvalue weighted by molar-refractivity contribution is 6.64. The Morgan fingerprint density at radius 1 is 1.45 bits per heavy atom. The van der Waals surface area contributed by atoms with Gasteiger partial charge in [0.1, 0.15) is 0 Å². The third-order valence-electron chi connectivity index (χ3n) is 1.56. The van der Waals surface area contributed by atoms with Crippen LogP contribution in [0.3, 0.4) is 0 Å². The fraction of sp³-hybridized carbons (Fsp3) is 0.875. The highest BCUT2D eigenvalue weighted by atomic mass is 35.5. The Morgan fingerprint density at radius 2 is 2.09 bits per heavy atom. The van der Waals surface area contributed by atoms with Crippen molar-refractivity contribution < 1.29 is 9.18 Å². The summed E-state index contributed by atoms with van der Waals surface area (Å²) in [6, 6.07) is 0. The number of alkyl halides is 1. The van der Waals surface area contributed by atoms with Gasteiger partial charge in [-0.3, -0.25) is 4.79 Å². The Hall–Kier alpha value is -0.110. The molecule has 0 aliphatic carbocycles. The van der Waals surface area contributed by atoms with E-state index in [1.165, 1.54) is 0 Å². The zero-order valence-corrected chi connectivity index (χ0v) is 7.53. The number of carbonyl (C=O) groups excluding carboxylic acids is 1. The lowest BCUT2D eigenvalue weighted by atomic mass is 10.1. The van der Waals surface area contributed by atoms with Crippen molar-refractivity contribution >= 4 is 16.8 Å². The summed E-state index contributed by atoms with van der Waals surface area (Å²) in [6.07, 6.45) is 2.79. The Bertz CT molecular complexity index is 117. The van der Waals surface area contributed by atoms with E-state index < -0.39 is 11.4 Å². The van der Waals surface area contributed by atoms with E-state index >= 15 is 0 Å². The minimum absolute atomic E-state index is 0.280. The first kappa shape index (κ1) is 10.9. The van der Waals surface area contributed by atoms with Crippen molar-refractivity contribution in [3.63, 3.8) is 0 Å². The van der Waals surface area contributed by atoms with Crippen molar-refractivity contribution in [3.05, 3.63) is 0 Å². The summed E-state index contributed by atoms with van der Waals surface area (Å²) in [5.74, 6) is 0. The molecule has 3 heteroatoms. The van der Waals surface area contributed by atoms with Gasteiger partial charge in [-0.25, -0.2) is 4.39 Å². The summed E-state index contributed by atoms with van der Waals surface area (Å²) in [4.78, 5) is 10.2. The molecule has 1 atom stereocenters. The maximum absolute atomic E-state index is 12.5. The molecule has 0 saturated carbocycles. The van der Waals surface area contributed by atoms with Crippen LogP contribution in [-0.2, 0) is 4.79 Å². The zero-order chi connectivity index (χ0) is 8.69. The molecule has 0 fully saturated rings. The van der Waals surface area contributed by atoms with Gasteiger partial charge in [-0.2, -0.15) is 0 Å². The second kappa shape index (κ2) is 6.59. The highest BCUT2D eigenvalue weighted by Crippen LogP contribution is 2.09. The third-order valence-corrected chi connectivity index (χ3v) is 1.79. The molecule has 0 aliphatic rings. The highest BCUT2D eigenvalue weighted by Gasteiger charge is 2.12. The first-order chi connectivity index (χ1) is 5.18. The van der Waals surface area contributed by atoms with Gasteiger partial charge in [-0.1, -0.05) is 32.6 Å². The molecule has 0 bridgehead atoms. The maximum atomic E-state index is 12.5. The fourth-order valence-corrected chi connectivity index (χ4v) is 0.973. The van der Waals surface area contributed by atoms with Crippen molar-refractivity contribution in [1.29, 1.82) is 0 Å². The van der Waals surface area contributed by atoms with Gasteiger partial charge < -0.3 is 0 Å². The van der Waals surface area contributed by atoms with Crippen molar-refractivity contribution in [2.24, 2.45) is 0 Å². The largest absolute Gasteiger partial charge is 0.278 e. The molecule has 0 aromatic rings. The molecule has 0 aromatic heterocycles. The fourth-order valence-electron chi connectivity index (χ4n) is 0.864. The molecular formula is C8H14ClFO. The van der Waals surface area contributed by atoms with Crippen LogP contribution in [-0.4, -0.2) is 11.4 Å². The minimum atomic E-state index is -1.45. The number of unbranched alkanes of at least 4 members (excludes halogenated alkanes) is 3. The molecule has 0 unspecified atom stereocenters. The molecule has 0 spiro atoms. The van der Waals surface area contributed by atoms with Crippen LogP contribution >= 0.6 is 11.6 Å². The van der Waals surface area contributed by atoms with E-state index in [0.717, 1.165) is 25.7 Å². The van der Waals surface area contributed by atoms with Crippen molar-refractivity contribution in [1.82, 2.24) is 0 Å². The lowest BCUT2D eigenvalue weighted by Gasteiger charge is -2.00. The summed E-state index contributed by atoms with van der Waals surface area (Å²) < 4.78 is 12.5. The summed E-state index contributed by atoms with van der Waals surface area (Å²) >= 11 is 4.93. The van der Waals surface area contributed by atoms with Crippen LogP contribution in [0.15, 0.2) is 0 Å². The molecule has 0 N–H and O–H groups in total. The lowest BCUT2D eigenvalue weighted by molar-refractivity contribution is -0.116. The number of halogens is 2. The van der Waals surface area contributed by atoms with E-state index in [-0.39, 0.29) is 6.42 Å². The number of hydrogen-bond donors (Lipinski definition) is 0. The minimum Gasteiger partial charge on any atom is -0.278 e. The second-order valence-corrected chi connectivity index (χ2v) is 2.99. The van der Waals surface area contributed by atoms with Gasteiger partial charge in [0.25, 0.3) is 5.24 Å². The van der Waals surface area contributed by atoms with Gasteiger partial charge >= 0.3 is 0 Å². The molecule has 0 radical (unpaired) electrons. The van der Waals surface area contributed by atoms with E-state index in [0.29, 0.717) is 0 Å². The monoisotopic (exact) mass is 180 g/mol. The number of carbonyl (C=O) groups is 1. The molecule has 0 aromatic carbocycles. The van der Waals surface area contributed by atoms with Crippen LogP contribution in [0.25, 0.3) is 0 Å². The van der Waals surface area contributed by atoms with Crippen molar-refractivity contribution in [2.45, 2.75) is 45.2 Å². The number of hydrogen-bond acceptors (Lipinski definition) is 1. The predicted octanol–water partition coefficient (Wildman–Crippen LogP) is 3.06. The summed E-state index contributed by atoms with van der Waals surface area (Å²) in [5.41, 5.74) is 0. The molecule has 66 valence electrons. The zero-order valence-electron chi connectivity index (χ0n) is 6.78. The van der Waals surface area contributed by atoms with Crippen molar-refractivity contribution in [2.75, 3.05) is 0 Å². The van der Waals surface area contributed by atoms with E-state index in [9.17, 15) is 9.18 Å². The summed E-state index contributed by atoms with van der Waals surface area (Å²) in [5, 5.41) is -0.860. The lowest BCUT2D eigenvalue weighted by Crippen LogP contribution is -2.08. The Morgan fingerprint density at radius 3 is 2.55 bits per heavy atom. The van der Waals surface area contributed by atoms with Crippen LogP contribution in [0.2, 0.25) is 0 Å². The molecule has 11 heavy (non-hydrogen) atoms. The Labute approximate surface area is 71.9 Å². The molecule has 0 heterocycles. The van der Waals surface area contributed by atoms with Gasteiger partial charge in [0.05, 0.1) is 0 Å². The smallest absolute Gasteiger partial charge is 0.255 e. The van der Waals surface area contributed by atoms with Gasteiger partial charge in [0.2, 0.25) is 0 Å². The van der Waals surface area contributed by atoms with Gasteiger partial charge in [-0.15, -0.1) is 0 Å². The molecule has 1 nitrogen and oxygen atoms in total. The van der Waals surface area contributed by atoms with Crippen LogP contribution in [0.5, 0.6) is 0 Å². The Balaban J connectivity index is 3.17. The average molecular weight is 181 g/mol. The first-order valence-electron chi connectivity index (χ1n) is 4.02. The predicted molar refractivity (Wildman–Crippen MR) is 44.5 cm³/mol. The van der Waals surface area contributed by atoms with E-state index in [1.807, 2.05) is 0 Å². The second-order valence-electron chi connectivity index (χ2n) is 2.62. The van der Waals surface area contributed by atoms with Crippen LogP contribution in [0, 0.1) is 0 Å². The average Bonchev–Trinajstić information content (AvgIpc) is 1.97. The first-order valence-corrected chi connectivity index (χ1v) is 4.39. The Kier molecular flexibility index (Phi) is 6.52. The number of rotatable bonds is 6. The van der Waals surface area contributed by atoms with Gasteiger partial charge in [0.15, 0.2) is 6.17 Å². The third kappa shape index (κ3) is 6.29.